The van der Waals surface area contributed by atoms with Crippen LogP contribution in [0.5, 0.6) is 0 Å². The van der Waals surface area contributed by atoms with E-state index in [0.29, 0.717) is 11.8 Å². The van der Waals surface area contributed by atoms with Crippen molar-refractivity contribution in [1.82, 2.24) is 4.90 Å². The first-order valence-corrected chi connectivity index (χ1v) is 5.36. The van der Waals surface area contributed by atoms with Gasteiger partial charge in [0, 0.05) is 19.0 Å². The molecule has 1 heterocycles. The van der Waals surface area contributed by atoms with Gasteiger partial charge in [-0.05, 0) is 26.2 Å². The molecule has 0 radical (unpaired) electrons. The van der Waals surface area contributed by atoms with E-state index in [4.69, 9.17) is 11.6 Å². The average molecular weight is 204 g/mol. The zero-order valence-electron chi connectivity index (χ0n) is 8.64. The van der Waals surface area contributed by atoms with Gasteiger partial charge < -0.3 is 4.90 Å². The van der Waals surface area contributed by atoms with Gasteiger partial charge in [-0.3, -0.25) is 4.79 Å². The fourth-order valence-electron chi connectivity index (χ4n) is 1.60. The van der Waals surface area contributed by atoms with Crippen LogP contribution < -0.4 is 0 Å². The largest absolute Gasteiger partial charge is 0.342 e. The summed E-state index contributed by atoms with van der Waals surface area (Å²) in [6.07, 6.45) is 1.13. The molecule has 1 aliphatic rings. The second kappa shape index (κ2) is 3.87. The highest BCUT2D eigenvalue weighted by Crippen LogP contribution is 2.25. The fraction of sp³-hybridized carbons (Fsp3) is 0.900. The molecule has 0 aliphatic carbocycles. The lowest BCUT2D eigenvalue weighted by Gasteiger charge is -2.27. The summed E-state index contributed by atoms with van der Waals surface area (Å²) >= 11 is 5.76. The summed E-state index contributed by atoms with van der Waals surface area (Å²) in [4.78, 5) is 13.8. The zero-order chi connectivity index (χ0) is 10.1. The maximum atomic E-state index is 11.9. The third-order valence-electron chi connectivity index (χ3n) is 2.62. The van der Waals surface area contributed by atoms with Gasteiger partial charge in [-0.25, -0.2) is 0 Å². The van der Waals surface area contributed by atoms with Crippen LogP contribution in [0.2, 0.25) is 0 Å². The van der Waals surface area contributed by atoms with E-state index in [1.165, 1.54) is 0 Å². The normalized spacial score (nSPS) is 23.7. The lowest BCUT2D eigenvalue weighted by molar-refractivity contribution is -0.138. The quantitative estimate of drug-likeness (QED) is 0.630. The number of alkyl halides is 1. The summed E-state index contributed by atoms with van der Waals surface area (Å²) in [6, 6.07) is 0. The van der Waals surface area contributed by atoms with Gasteiger partial charge in [0.1, 0.15) is 0 Å². The van der Waals surface area contributed by atoms with E-state index in [1.54, 1.807) is 0 Å². The van der Waals surface area contributed by atoms with Crippen molar-refractivity contribution in [2.24, 2.45) is 11.3 Å². The van der Waals surface area contributed by atoms with Crippen LogP contribution in [-0.4, -0.2) is 29.8 Å². The molecule has 1 fully saturated rings. The monoisotopic (exact) mass is 203 g/mol. The molecule has 13 heavy (non-hydrogen) atoms. The van der Waals surface area contributed by atoms with Crippen LogP contribution in [0.4, 0.5) is 0 Å². The summed E-state index contributed by atoms with van der Waals surface area (Å²) in [7, 11) is 0. The van der Waals surface area contributed by atoms with Crippen molar-refractivity contribution in [3.05, 3.63) is 0 Å². The molecule has 1 rings (SSSR count). The van der Waals surface area contributed by atoms with Crippen molar-refractivity contribution in [3.8, 4) is 0 Å². The minimum absolute atomic E-state index is 0.201. The van der Waals surface area contributed by atoms with Crippen molar-refractivity contribution >= 4 is 17.5 Å². The smallest absolute Gasteiger partial charge is 0.229 e. The highest BCUT2D eigenvalue weighted by atomic mass is 35.5. The molecule has 2 nitrogen and oxygen atoms in total. The Balaban J connectivity index is 2.58. The number of hydrogen-bond acceptors (Lipinski definition) is 1. The third-order valence-corrected chi connectivity index (χ3v) is 3.29. The van der Waals surface area contributed by atoms with Crippen molar-refractivity contribution in [2.45, 2.75) is 27.2 Å². The first kappa shape index (κ1) is 10.8. The Hall–Kier alpha value is -0.240. The zero-order valence-corrected chi connectivity index (χ0v) is 9.40. The minimum atomic E-state index is -0.397. The summed E-state index contributed by atoms with van der Waals surface area (Å²) in [5.74, 6) is 1.25. The molecule has 0 aromatic carbocycles. The van der Waals surface area contributed by atoms with E-state index in [1.807, 2.05) is 18.7 Å². The van der Waals surface area contributed by atoms with E-state index >= 15 is 0 Å². The predicted octanol–water partition coefficient (Wildman–Crippen LogP) is 2.12. The first-order chi connectivity index (χ1) is 5.97. The van der Waals surface area contributed by atoms with Gasteiger partial charge >= 0.3 is 0 Å². The van der Waals surface area contributed by atoms with Gasteiger partial charge in [0.2, 0.25) is 5.91 Å². The van der Waals surface area contributed by atoms with Gasteiger partial charge in [0.05, 0.1) is 5.41 Å². The van der Waals surface area contributed by atoms with Gasteiger partial charge in [-0.15, -0.1) is 11.6 Å². The Kier molecular flexibility index (Phi) is 3.23. The summed E-state index contributed by atoms with van der Waals surface area (Å²) in [5.41, 5.74) is -0.397. The molecule has 0 saturated carbocycles. The summed E-state index contributed by atoms with van der Waals surface area (Å²) < 4.78 is 0. The number of hydrogen-bond donors (Lipinski definition) is 0. The van der Waals surface area contributed by atoms with Crippen molar-refractivity contribution in [1.29, 1.82) is 0 Å². The number of nitrogens with zero attached hydrogens (tertiary/aromatic N) is 1. The molecule has 0 N–H and O–H groups in total. The van der Waals surface area contributed by atoms with Gasteiger partial charge in [-0.2, -0.15) is 0 Å². The number of rotatable bonds is 2. The number of carbonyl (C=O) groups is 1. The molecule has 0 bridgehead atoms. The Morgan fingerprint density at radius 2 is 2.23 bits per heavy atom. The number of halogens is 1. The van der Waals surface area contributed by atoms with Gasteiger partial charge in [0.15, 0.2) is 0 Å². The predicted molar refractivity (Wildman–Crippen MR) is 54.9 cm³/mol. The lowest BCUT2D eigenvalue weighted by atomic mass is 9.94. The third kappa shape index (κ3) is 2.37. The average Bonchev–Trinajstić information content (AvgIpc) is 2.50. The molecule has 1 atom stereocenters. The maximum absolute atomic E-state index is 11.9. The molecule has 1 saturated heterocycles. The van der Waals surface area contributed by atoms with E-state index < -0.39 is 5.41 Å². The topological polar surface area (TPSA) is 20.3 Å². The molecule has 1 aliphatic heterocycles. The standard InChI is InChI=1S/C10H18ClNO/c1-8-4-5-12(6-8)9(13)10(2,3)7-11/h8H,4-7H2,1-3H3. The van der Waals surface area contributed by atoms with E-state index in [-0.39, 0.29) is 5.91 Å². The summed E-state index contributed by atoms with van der Waals surface area (Å²) in [5, 5.41) is 0. The number of amides is 1. The Labute approximate surface area is 85.2 Å². The molecule has 0 aromatic heterocycles. The molecule has 0 aromatic rings. The van der Waals surface area contributed by atoms with E-state index in [2.05, 4.69) is 6.92 Å². The van der Waals surface area contributed by atoms with Crippen LogP contribution >= 0.6 is 11.6 Å². The molecular weight excluding hydrogens is 186 g/mol. The maximum Gasteiger partial charge on any atom is 0.229 e. The van der Waals surface area contributed by atoms with Crippen LogP contribution in [0.25, 0.3) is 0 Å². The molecule has 76 valence electrons. The van der Waals surface area contributed by atoms with Crippen LogP contribution in [0, 0.1) is 11.3 Å². The highest BCUT2D eigenvalue weighted by Gasteiger charge is 2.33. The van der Waals surface area contributed by atoms with Crippen LogP contribution in [-0.2, 0) is 4.79 Å². The molecule has 3 heteroatoms. The Bertz CT molecular complexity index is 203. The Morgan fingerprint density at radius 1 is 1.62 bits per heavy atom. The van der Waals surface area contributed by atoms with Gasteiger partial charge in [-0.1, -0.05) is 6.92 Å². The van der Waals surface area contributed by atoms with Crippen LogP contribution in [0.3, 0.4) is 0 Å². The Morgan fingerprint density at radius 3 is 2.62 bits per heavy atom. The van der Waals surface area contributed by atoms with Gasteiger partial charge in [0.25, 0.3) is 0 Å². The van der Waals surface area contributed by atoms with E-state index in [0.717, 1.165) is 19.5 Å². The molecule has 1 amide bonds. The fourth-order valence-corrected chi connectivity index (χ4v) is 1.72. The second-order valence-electron chi connectivity index (χ2n) is 4.66. The molecular formula is C10H18ClNO. The van der Waals surface area contributed by atoms with Crippen LogP contribution in [0.1, 0.15) is 27.2 Å². The van der Waals surface area contributed by atoms with Crippen molar-refractivity contribution < 1.29 is 4.79 Å². The minimum Gasteiger partial charge on any atom is -0.342 e. The first-order valence-electron chi connectivity index (χ1n) is 4.82. The summed E-state index contributed by atoms with van der Waals surface area (Å²) in [6.45, 7) is 7.80. The SMILES string of the molecule is CC1CCN(C(=O)C(C)(C)CCl)C1. The van der Waals surface area contributed by atoms with Crippen LogP contribution in [0.15, 0.2) is 0 Å². The van der Waals surface area contributed by atoms with Crippen molar-refractivity contribution in [3.63, 3.8) is 0 Å². The van der Waals surface area contributed by atoms with Crippen molar-refractivity contribution in [2.75, 3.05) is 19.0 Å². The molecule has 0 spiro atoms. The number of likely N-dealkylation sites (tertiary alicyclic amines) is 1. The number of carbonyl (C=O) groups excluding carboxylic acids is 1. The second-order valence-corrected chi connectivity index (χ2v) is 4.93. The lowest BCUT2D eigenvalue weighted by Crippen LogP contribution is -2.40. The highest BCUT2D eigenvalue weighted by molar-refractivity contribution is 6.19. The van der Waals surface area contributed by atoms with E-state index in [9.17, 15) is 4.79 Å². The molecule has 1 unspecified atom stereocenters.